The van der Waals surface area contributed by atoms with Crippen LogP contribution in [0.25, 0.3) is 0 Å². The highest BCUT2D eigenvalue weighted by Gasteiger charge is 2.32. The number of aliphatic carboxylic acids is 1. The number of cyclic esters (lactones) is 1. The van der Waals surface area contributed by atoms with Crippen molar-refractivity contribution in [1.29, 1.82) is 5.41 Å². The summed E-state index contributed by atoms with van der Waals surface area (Å²) in [5.74, 6) is -0.353. The molecule has 1 heterocycles. The molecule has 0 radical (unpaired) electrons. The number of amides is 1. The number of benzene rings is 2. The molecule has 1 fully saturated rings. The van der Waals surface area contributed by atoms with E-state index in [9.17, 15) is 9.59 Å². The van der Waals surface area contributed by atoms with Crippen LogP contribution in [0.5, 0.6) is 5.75 Å². The fourth-order valence-electron chi connectivity index (χ4n) is 2.71. The molecule has 2 aromatic carbocycles. The lowest BCUT2D eigenvalue weighted by atomic mass is 10.1. The SMILES string of the molecule is N=C(N)c1ccc(N2CC(COc3ccc(CC(=O)O)cc3)OC2=O)cc1. The third kappa shape index (κ3) is 4.55. The van der Waals surface area contributed by atoms with E-state index in [0.717, 1.165) is 0 Å². The number of nitrogens with zero attached hydrogens (tertiary/aromatic N) is 1. The van der Waals surface area contributed by atoms with Gasteiger partial charge in [0.05, 0.1) is 13.0 Å². The van der Waals surface area contributed by atoms with Gasteiger partial charge in [-0.15, -0.1) is 0 Å². The molecule has 3 rings (SSSR count). The Balaban J connectivity index is 1.56. The number of nitrogens with two attached hydrogens (primary N) is 1. The second-order valence-electron chi connectivity index (χ2n) is 6.10. The first kappa shape index (κ1) is 18.2. The van der Waals surface area contributed by atoms with E-state index < -0.39 is 18.2 Å². The molecular weight excluding hydrogens is 350 g/mol. The number of hydrogen-bond acceptors (Lipinski definition) is 5. The van der Waals surface area contributed by atoms with Crippen molar-refractivity contribution >= 4 is 23.6 Å². The summed E-state index contributed by atoms with van der Waals surface area (Å²) in [6.45, 7) is 0.529. The lowest BCUT2D eigenvalue weighted by molar-refractivity contribution is -0.136. The second-order valence-corrected chi connectivity index (χ2v) is 6.10. The summed E-state index contributed by atoms with van der Waals surface area (Å²) < 4.78 is 11.0. The molecule has 1 atom stereocenters. The van der Waals surface area contributed by atoms with E-state index >= 15 is 0 Å². The average molecular weight is 369 g/mol. The quantitative estimate of drug-likeness (QED) is 0.506. The van der Waals surface area contributed by atoms with Gasteiger partial charge in [0, 0.05) is 11.3 Å². The summed E-state index contributed by atoms with van der Waals surface area (Å²) in [6, 6.07) is 13.5. The van der Waals surface area contributed by atoms with Gasteiger partial charge in [0.1, 0.15) is 18.2 Å². The molecule has 0 aliphatic carbocycles. The number of amidine groups is 1. The van der Waals surface area contributed by atoms with E-state index in [1.807, 2.05) is 0 Å². The van der Waals surface area contributed by atoms with Crippen LogP contribution in [0.3, 0.4) is 0 Å². The van der Waals surface area contributed by atoms with E-state index in [1.165, 1.54) is 4.90 Å². The fourth-order valence-corrected chi connectivity index (χ4v) is 2.71. The van der Waals surface area contributed by atoms with Gasteiger partial charge in [-0.2, -0.15) is 0 Å². The summed E-state index contributed by atoms with van der Waals surface area (Å²) in [5.41, 5.74) is 7.35. The number of hydrogen-bond donors (Lipinski definition) is 3. The van der Waals surface area contributed by atoms with E-state index in [4.69, 9.17) is 25.7 Å². The number of carbonyl (C=O) groups excluding carboxylic acids is 1. The third-order valence-corrected chi connectivity index (χ3v) is 4.08. The van der Waals surface area contributed by atoms with Crippen molar-refractivity contribution in [3.8, 4) is 5.75 Å². The Morgan fingerprint density at radius 1 is 1.22 bits per heavy atom. The van der Waals surface area contributed by atoms with Crippen LogP contribution in [-0.4, -0.2) is 42.3 Å². The molecule has 0 saturated carbocycles. The molecule has 1 saturated heterocycles. The van der Waals surface area contributed by atoms with Gasteiger partial charge in [0.15, 0.2) is 6.10 Å². The van der Waals surface area contributed by atoms with E-state index in [-0.39, 0.29) is 18.9 Å². The lowest BCUT2D eigenvalue weighted by Gasteiger charge is -2.13. The van der Waals surface area contributed by atoms with Gasteiger partial charge in [0.2, 0.25) is 0 Å². The number of carboxylic acids is 1. The van der Waals surface area contributed by atoms with Crippen molar-refractivity contribution in [3.05, 3.63) is 59.7 Å². The largest absolute Gasteiger partial charge is 0.490 e. The van der Waals surface area contributed by atoms with E-state index in [1.54, 1.807) is 48.5 Å². The molecule has 2 aromatic rings. The number of carboxylic acid groups (broad SMARTS) is 1. The average Bonchev–Trinajstić information content (AvgIpc) is 3.01. The zero-order valence-electron chi connectivity index (χ0n) is 14.4. The first-order valence-corrected chi connectivity index (χ1v) is 8.28. The minimum Gasteiger partial charge on any atom is -0.490 e. The van der Waals surface area contributed by atoms with Crippen molar-refractivity contribution in [2.45, 2.75) is 12.5 Å². The third-order valence-electron chi connectivity index (χ3n) is 4.08. The van der Waals surface area contributed by atoms with Crippen molar-refractivity contribution in [2.24, 2.45) is 5.73 Å². The number of rotatable bonds is 7. The molecule has 0 bridgehead atoms. The van der Waals surface area contributed by atoms with Crippen LogP contribution in [0.2, 0.25) is 0 Å². The predicted octanol–water partition coefficient (Wildman–Crippen LogP) is 2.00. The number of carbonyl (C=O) groups is 2. The zero-order valence-corrected chi connectivity index (χ0v) is 14.4. The molecule has 1 aliphatic heterocycles. The summed E-state index contributed by atoms with van der Waals surface area (Å²) in [7, 11) is 0. The Morgan fingerprint density at radius 2 is 1.89 bits per heavy atom. The van der Waals surface area contributed by atoms with Crippen LogP contribution in [0.15, 0.2) is 48.5 Å². The monoisotopic (exact) mass is 369 g/mol. The standard InChI is InChI=1S/C19H19N3O5/c20-18(21)13-3-5-14(6-4-13)22-10-16(27-19(22)25)11-26-15-7-1-12(2-8-15)9-17(23)24/h1-8,16H,9-11H2,(H3,20,21)(H,23,24). The highest BCUT2D eigenvalue weighted by Crippen LogP contribution is 2.23. The normalized spacial score (nSPS) is 16.1. The van der Waals surface area contributed by atoms with Gasteiger partial charge < -0.3 is 20.3 Å². The lowest BCUT2D eigenvalue weighted by Crippen LogP contribution is -2.26. The number of ether oxygens (including phenoxy) is 2. The van der Waals surface area contributed by atoms with Gasteiger partial charge in [-0.05, 0) is 42.0 Å². The minimum absolute atomic E-state index is 0.0359. The topological polar surface area (TPSA) is 126 Å². The molecule has 8 heteroatoms. The van der Waals surface area contributed by atoms with Crippen LogP contribution in [0.1, 0.15) is 11.1 Å². The van der Waals surface area contributed by atoms with Crippen molar-refractivity contribution in [1.82, 2.24) is 0 Å². The molecule has 4 N–H and O–H groups in total. The Morgan fingerprint density at radius 3 is 2.48 bits per heavy atom. The van der Waals surface area contributed by atoms with Gasteiger partial charge in [-0.1, -0.05) is 12.1 Å². The fraction of sp³-hybridized carbons (Fsp3) is 0.211. The van der Waals surface area contributed by atoms with Crippen molar-refractivity contribution in [3.63, 3.8) is 0 Å². The van der Waals surface area contributed by atoms with Crippen LogP contribution >= 0.6 is 0 Å². The highest BCUT2D eigenvalue weighted by atomic mass is 16.6. The summed E-state index contributed by atoms with van der Waals surface area (Å²) in [5, 5.41) is 16.2. The van der Waals surface area contributed by atoms with Gasteiger partial charge >= 0.3 is 12.1 Å². The Bertz CT molecular complexity index is 849. The van der Waals surface area contributed by atoms with Crippen molar-refractivity contribution < 1.29 is 24.2 Å². The number of anilines is 1. The first-order chi connectivity index (χ1) is 12.9. The number of nitrogen functional groups attached to an aromatic ring is 1. The minimum atomic E-state index is -0.891. The molecular formula is C19H19N3O5. The zero-order chi connectivity index (χ0) is 19.4. The maximum Gasteiger partial charge on any atom is 0.414 e. The van der Waals surface area contributed by atoms with Crippen molar-refractivity contribution in [2.75, 3.05) is 18.1 Å². The van der Waals surface area contributed by atoms with Gasteiger partial charge in [0.25, 0.3) is 0 Å². The molecule has 1 aliphatic rings. The van der Waals surface area contributed by atoms with Gasteiger partial charge in [-0.3, -0.25) is 15.1 Å². The first-order valence-electron chi connectivity index (χ1n) is 8.28. The summed E-state index contributed by atoms with van der Waals surface area (Å²) in [4.78, 5) is 24.3. The van der Waals surface area contributed by atoms with Crippen LogP contribution in [0, 0.1) is 5.41 Å². The molecule has 0 aromatic heterocycles. The molecule has 0 spiro atoms. The molecule has 1 amide bonds. The summed E-state index contributed by atoms with van der Waals surface area (Å²) in [6.07, 6.45) is -0.933. The maximum absolute atomic E-state index is 12.1. The predicted molar refractivity (Wildman–Crippen MR) is 98.3 cm³/mol. The summed E-state index contributed by atoms with van der Waals surface area (Å²) >= 11 is 0. The van der Waals surface area contributed by atoms with Crippen LogP contribution < -0.4 is 15.4 Å². The van der Waals surface area contributed by atoms with Crippen LogP contribution in [-0.2, 0) is 16.0 Å². The molecule has 8 nitrogen and oxygen atoms in total. The Hall–Kier alpha value is -3.55. The smallest absolute Gasteiger partial charge is 0.414 e. The molecule has 140 valence electrons. The maximum atomic E-state index is 12.1. The van der Waals surface area contributed by atoms with E-state index in [0.29, 0.717) is 29.1 Å². The number of nitrogens with one attached hydrogen (secondary N) is 1. The van der Waals surface area contributed by atoms with Crippen LogP contribution in [0.4, 0.5) is 10.5 Å². The van der Waals surface area contributed by atoms with E-state index in [2.05, 4.69) is 0 Å². The molecule has 1 unspecified atom stereocenters. The Labute approximate surface area is 155 Å². The highest BCUT2D eigenvalue weighted by molar-refractivity contribution is 5.96. The van der Waals surface area contributed by atoms with Gasteiger partial charge in [-0.25, -0.2) is 4.79 Å². The Kier molecular flexibility index (Phi) is 5.25. The second kappa shape index (κ2) is 7.77. The molecule has 27 heavy (non-hydrogen) atoms.